The summed E-state index contributed by atoms with van der Waals surface area (Å²) in [6, 6.07) is 15.1. The average molecular weight is 343 g/mol. The molecule has 0 aliphatic carbocycles. The van der Waals surface area contributed by atoms with E-state index >= 15 is 0 Å². The molecule has 0 amide bonds. The fraction of sp³-hybridized carbons (Fsp3) is 0.111. The van der Waals surface area contributed by atoms with Gasteiger partial charge in [0.1, 0.15) is 0 Å². The summed E-state index contributed by atoms with van der Waals surface area (Å²) in [5, 5.41) is 2.02. The van der Waals surface area contributed by atoms with E-state index in [-0.39, 0.29) is 5.56 Å². The van der Waals surface area contributed by atoms with E-state index in [1.165, 1.54) is 11.8 Å². The Morgan fingerprint density at radius 1 is 1.17 bits per heavy atom. The molecule has 0 aliphatic heterocycles. The van der Waals surface area contributed by atoms with Crippen molar-refractivity contribution in [3.05, 3.63) is 82.1 Å². The molecule has 0 saturated heterocycles. The van der Waals surface area contributed by atoms with Crippen LogP contribution in [0.15, 0.2) is 71.1 Å². The van der Waals surface area contributed by atoms with Crippen molar-refractivity contribution < 1.29 is 0 Å². The summed E-state index contributed by atoms with van der Waals surface area (Å²) in [5.74, 6) is 0.654. The van der Waals surface area contributed by atoms with Crippen molar-refractivity contribution in [2.75, 3.05) is 0 Å². The Hall–Kier alpha value is -2.04. The van der Waals surface area contributed by atoms with Crippen LogP contribution in [0, 0.1) is 0 Å². The van der Waals surface area contributed by atoms with Crippen molar-refractivity contribution in [3.63, 3.8) is 0 Å². The lowest BCUT2D eigenvalue weighted by Gasteiger charge is -2.11. The lowest BCUT2D eigenvalue weighted by atomic mass is 10.2. The predicted molar refractivity (Wildman–Crippen MR) is 97.2 cm³/mol. The molecule has 3 aromatic rings. The second-order valence-electron chi connectivity index (χ2n) is 5.00. The summed E-state index contributed by atoms with van der Waals surface area (Å²) < 4.78 is 1.65. The minimum absolute atomic E-state index is 0.0443. The number of hydrogen-bond acceptors (Lipinski definition) is 3. The highest BCUT2D eigenvalue weighted by Gasteiger charge is 2.11. The van der Waals surface area contributed by atoms with Gasteiger partial charge in [0, 0.05) is 17.3 Å². The van der Waals surface area contributed by atoms with Gasteiger partial charge in [0.2, 0.25) is 0 Å². The molecule has 0 atom stereocenters. The molecule has 0 radical (unpaired) electrons. The summed E-state index contributed by atoms with van der Waals surface area (Å²) in [4.78, 5) is 17.3. The van der Waals surface area contributed by atoms with Crippen LogP contribution in [0.3, 0.4) is 0 Å². The molecule has 0 aliphatic rings. The summed E-state index contributed by atoms with van der Waals surface area (Å²) in [6.45, 7) is 4.16. The molecule has 1 aromatic heterocycles. The van der Waals surface area contributed by atoms with Gasteiger partial charge in [-0.15, -0.1) is 6.58 Å². The molecule has 0 bridgehead atoms. The van der Waals surface area contributed by atoms with E-state index in [1.54, 1.807) is 16.7 Å². The Bertz CT molecular complexity index is 920. The van der Waals surface area contributed by atoms with Gasteiger partial charge in [-0.05, 0) is 23.8 Å². The lowest BCUT2D eigenvalue weighted by molar-refractivity contribution is 0.671. The minimum atomic E-state index is -0.0443. The molecule has 5 heteroatoms. The van der Waals surface area contributed by atoms with Crippen LogP contribution in [0.4, 0.5) is 0 Å². The van der Waals surface area contributed by atoms with Gasteiger partial charge >= 0.3 is 0 Å². The molecule has 3 rings (SSSR count). The summed E-state index contributed by atoms with van der Waals surface area (Å²) in [6.07, 6.45) is 1.71. The van der Waals surface area contributed by atoms with Crippen LogP contribution in [-0.2, 0) is 12.3 Å². The van der Waals surface area contributed by atoms with Gasteiger partial charge in [0.15, 0.2) is 5.16 Å². The second kappa shape index (κ2) is 7.02. The fourth-order valence-corrected chi connectivity index (χ4v) is 3.60. The van der Waals surface area contributed by atoms with Gasteiger partial charge < -0.3 is 0 Å². The highest BCUT2D eigenvalue weighted by atomic mass is 35.5. The Morgan fingerprint density at radius 3 is 2.70 bits per heavy atom. The van der Waals surface area contributed by atoms with Crippen molar-refractivity contribution >= 4 is 34.3 Å². The topological polar surface area (TPSA) is 34.9 Å². The monoisotopic (exact) mass is 342 g/mol. The lowest BCUT2D eigenvalue weighted by Crippen LogP contribution is -2.22. The molecular formula is C18H15ClN2OS. The second-order valence-corrected chi connectivity index (χ2v) is 6.35. The summed E-state index contributed by atoms with van der Waals surface area (Å²) >= 11 is 7.70. The number of benzene rings is 2. The Kier molecular flexibility index (Phi) is 4.84. The van der Waals surface area contributed by atoms with Gasteiger partial charge in [-0.3, -0.25) is 9.36 Å². The zero-order valence-corrected chi connectivity index (χ0v) is 14.0. The molecule has 0 spiro atoms. The molecule has 1 heterocycles. The predicted octanol–water partition coefficient (Wildman–Crippen LogP) is 4.53. The van der Waals surface area contributed by atoms with E-state index in [1.807, 2.05) is 42.5 Å². The summed E-state index contributed by atoms with van der Waals surface area (Å²) in [5.41, 5.74) is 1.68. The van der Waals surface area contributed by atoms with E-state index in [4.69, 9.17) is 11.6 Å². The van der Waals surface area contributed by atoms with Crippen molar-refractivity contribution in [1.82, 2.24) is 9.55 Å². The van der Waals surface area contributed by atoms with Crippen LogP contribution in [0.25, 0.3) is 10.9 Å². The molecule has 0 N–H and O–H groups in total. The van der Waals surface area contributed by atoms with Crippen molar-refractivity contribution in [1.29, 1.82) is 0 Å². The number of nitrogens with zero attached hydrogens (tertiary/aromatic N) is 2. The smallest absolute Gasteiger partial charge is 0.262 e. The Morgan fingerprint density at radius 2 is 1.91 bits per heavy atom. The third-order valence-electron chi connectivity index (χ3n) is 3.45. The van der Waals surface area contributed by atoms with Crippen LogP contribution in [0.5, 0.6) is 0 Å². The Labute approximate surface area is 143 Å². The van der Waals surface area contributed by atoms with Crippen LogP contribution in [0.2, 0.25) is 5.02 Å². The van der Waals surface area contributed by atoms with Crippen molar-refractivity contribution in [2.45, 2.75) is 17.5 Å². The normalized spacial score (nSPS) is 10.8. The molecule has 23 heavy (non-hydrogen) atoms. The zero-order valence-electron chi connectivity index (χ0n) is 12.4. The Balaban J connectivity index is 2.02. The molecule has 0 saturated carbocycles. The van der Waals surface area contributed by atoms with Gasteiger partial charge in [-0.2, -0.15) is 0 Å². The number of rotatable bonds is 5. The maximum Gasteiger partial charge on any atom is 0.262 e. The average Bonchev–Trinajstić information content (AvgIpc) is 2.57. The number of hydrogen-bond donors (Lipinski definition) is 0. The first-order valence-electron chi connectivity index (χ1n) is 7.17. The number of halogens is 1. The largest absolute Gasteiger partial charge is 0.283 e. The fourth-order valence-electron chi connectivity index (χ4n) is 2.31. The summed E-state index contributed by atoms with van der Waals surface area (Å²) in [7, 11) is 0. The third-order valence-corrected chi connectivity index (χ3v) is 4.85. The molecule has 3 nitrogen and oxygen atoms in total. The van der Waals surface area contributed by atoms with Crippen LogP contribution in [0.1, 0.15) is 5.56 Å². The number of para-hydroxylation sites is 1. The first kappa shape index (κ1) is 15.8. The maximum atomic E-state index is 12.7. The van der Waals surface area contributed by atoms with Crippen molar-refractivity contribution in [3.8, 4) is 0 Å². The maximum absolute atomic E-state index is 12.7. The number of thioether (sulfide) groups is 1. The van der Waals surface area contributed by atoms with E-state index in [0.29, 0.717) is 28.4 Å². The zero-order chi connectivity index (χ0) is 16.2. The number of fused-ring (bicyclic) bond motifs is 1. The standard InChI is InChI=1S/C18H15ClN2OS/c1-2-11-21-17(22)14-8-4-6-10-16(14)20-18(21)23-12-13-7-3-5-9-15(13)19/h2-10H,1,11-12H2. The first-order valence-corrected chi connectivity index (χ1v) is 8.53. The van der Waals surface area contributed by atoms with Gasteiger partial charge in [-0.25, -0.2) is 4.98 Å². The third kappa shape index (κ3) is 3.33. The highest BCUT2D eigenvalue weighted by molar-refractivity contribution is 7.98. The highest BCUT2D eigenvalue weighted by Crippen LogP contribution is 2.26. The number of allylic oxidation sites excluding steroid dienone is 1. The van der Waals surface area contributed by atoms with E-state index < -0.39 is 0 Å². The van der Waals surface area contributed by atoms with E-state index in [0.717, 1.165) is 10.6 Å². The number of aromatic nitrogens is 2. The molecule has 0 fully saturated rings. The van der Waals surface area contributed by atoms with Gasteiger partial charge in [0.05, 0.1) is 10.9 Å². The van der Waals surface area contributed by atoms with E-state index in [2.05, 4.69) is 11.6 Å². The molecule has 116 valence electrons. The minimum Gasteiger partial charge on any atom is -0.283 e. The van der Waals surface area contributed by atoms with Crippen LogP contribution < -0.4 is 5.56 Å². The molecule has 2 aromatic carbocycles. The van der Waals surface area contributed by atoms with Crippen LogP contribution >= 0.6 is 23.4 Å². The van der Waals surface area contributed by atoms with E-state index in [9.17, 15) is 4.79 Å². The molecular weight excluding hydrogens is 328 g/mol. The van der Waals surface area contributed by atoms with Gasteiger partial charge in [0.25, 0.3) is 5.56 Å². The quantitative estimate of drug-likeness (QED) is 0.388. The first-order chi connectivity index (χ1) is 11.2. The SMILES string of the molecule is C=CCn1c(SCc2ccccc2Cl)nc2ccccc2c1=O. The van der Waals surface area contributed by atoms with Crippen LogP contribution in [-0.4, -0.2) is 9.55 Å². The van der Waals surface area contributed by atoms with Crippen molar-refractivity contribution in [2.24, 2.45) is 0 Å². The molecule has 0 unspecified atom stereocenters. The van der Waals surface area contributed by atoms with Gasteiger partial charge in [-0.1, -0.05) is 59.8 Å².